The van der Waals surface area contributed by atoms with Crippen LogP contribution in [0.15, 0.2) is 11.4 Å². The number of hydrogen-bond acceptors (Lipinski definition) is 3. The highest BCUT2D eigenvalue weighted by Crippen LogP contribution is 2.14. The second-order valence-corrected chi connectivity index (χ2v) is 3.94. The highest BCUT2D eigenvalue weighted by atomic mass is 32.1. The summed E-state index contributed by atoms with van der Waals surface area (Å²) in [6.45, 7) is 3.88. The molecule has 0 amide bonds. The summed E-state index contributed by atoms with van der Waals surface area (Å²) in [5, 5.41) is 4.84. The lowest BCUT2D eigenvalue weighted by Crippen LogP contribution is -2.30. The molecule has 1 atom stereocenters. The van der Waals surface area contributed by atoms with Gasteiger partial charge in [-0.25, -0.2) is 0 Å². The van der Waals surface area contributed by atoms with E-state index in [4.69, 9.17) is 0 Å². The van der Waals surface area contributed by atoms with Crippen molar-refractivity contribution in [2.45, 2.75) is 19.9 Å². The van der Waals surface area contributed by atoms with Crippen molar-refractivity contribution in [1.29, 1.82) is 0 Å². The molecule has 0 saturated heterocycles. The number of rotatable bonds is 3. The number of aryl methyl sites for hydroxylation is 1. The van der Waals surface area contributed by atoms with Gasteiger partial charge in [-0.2, -0.15) is 0 Å². The second-order valence-electron chi connectivity index (χ2n) is 2.82. The van der Waals surface area contributed by atoms with Crippen molar-refractivity contribution in [2.75, 3.05) is 7.05 Å². The first-order valence-electron chi connectivity index (χ1n) is 3.91. The topological polar surface area (TPSA) is 29.1 Å². The fourth-order valence-electron chi connectivity index (χ4n) is 0.954. The van der Waals surface area contributed by atoms with Gasteiger partial charge in [0.2, 0.25) is 0 Å². The number of ketones is 1. The first-order chi connectivity index (χ1) is 5.65. The van der Waals surface area contributed by atoms with E-state index < -0.39 is 0 Å². The molecule has 0 saturated carbocycles. The number of carbonyl (C=O) groups is 1. The summed E-state index contributed by atoms with van der Waals surface area (Å²) < 4.78 is 0. The molecule has 1 aromatic rings. The summed E-state index contributed by atoms with van der Waals surface area (Å²) in [6.07, 6.45) is 0. The first-order valence-corrected chi connectivity index (χ1v) is 4.79. The molecule has 1 aromatic heterocycles. The molecule has 1 heterocycles. The second kappa shape index (κ2) is 3.83. The van der Waals surface area contributed by atoms with Crippen molar-refractivity contribution in [3.05, 3.63) is 21.9 Å². The Balaban J connectivity index is 2.78. The van der Waals surface area contributed by atoms with Crippen LogP contribution in [-0.4, -0.2) is 18.9 Å². The summed E-state index contributed by atoms with van der Waals surface area (Å²) in [5.74, 6) is 0.168. The number of thiophene rings is 1. The van der Waals surface area contributed by atoms with Crippen LogP contribution in [0.2, 0.25) is 0 Å². The van der Waals surface area contributed by atoms with E-state index in [1.54, 1.807) is 18.4 Å². The third-order valence-corrected chi connectivity index (χ3v) is 2.70. The lowest BCUT2D eigenvalue weighted by molar-refractivity contribution is 0.0955. The number of hydrogen-bond donors (Lipinski definition) is 1. The van der Waals surface area contributed by atoms with Crippen molar-refractivity contribution >= 4 is 17.1 Å². The van der Waals surface area contributed by atoms with E-state index in [-0.39, 0.29) is 11.8 Å². The summed E-state index contributed by atoms with van der Waals surface area (Å²) in [4.78, 5) is 12.7. The summed E-state index contributed by atoms with van der Waals surface area (Å²) in [7, 11) is 1.79. The molecule has 3 heteroatoms. The van der Waals surface area contributed by atoms with Gasteiger partial charge in [0.25, 0.3) is 0 Å². The molecule has 0 spiro atoms. The van der Waals surface area contributed by atoms with Crippen LogP contribution >= 0.6 is 11.3 Å². The van der Waals surface area contributed by atoms with E-state index in [0.29, 0.717) is 0 Å². The van der Waals surface area contributed by atoms with Crippen LogP contribution in [0, 0.1) is 6.92 Å². The van der Waals surface area contributed by atoms with Crippen molar-refractivity contribution in [3.8, 4) is 0 Å². The SMILES string of the molecule is CNC(C)C(=O)c1csc(C)c1. The van der Waals surface area contributed by atoms with E-state index in [1.165, 1.54) is 4.88 Å². The molecule has 0 aliphatic heterocycles. The van der Waals surface area contributed by atoms with Crippen molar-refractivity contribution < 1.29 is 4.79 Å². The van der Waals surface area contributed by atoms with E-state index in [1.807, 2.05) is 25.3 Å². The van der Waals surface area contributed by atoms with E-state index in [9.17, 15) is 4.79 Å². The first kappa shape index (κ1) is 9.42. The molecule has 2 nitrogen and oxygen atoms in total. The Hall–Kier alpha value is -0.670. The number of likely N-dealkylation sites (N-methyl/N-ethyl adjacent to an activating group) is 1. The van der Waals surface area contributed by atoms with Gasteiger partial charge in [-0.05, 0) is 27.0 Å². The normalized spacial score (nSPS) is 12.9. The zero-order valence-electron chi connectivity index (χ0n) is 7.55. The molecule has 1 unspecified atom stereocenters. The van der Waals surface area contributed by atoms with Gasteiger partial charge in [0.1, 0.15) is 0 Å². The molecule has 0 aliphatic rings. The Morgan fingerprint density at radius 3 is 2.75 bits per heavy atom. The van der Waals surface area contributed by atoms with Crippen molar-refractivity contribution in [2.24, 2.45) is 0 Å². The number of nitrogens with one attached hydrogen (secondary N) is 1. The monoisotopic (exact) mass is 183 g/mol. The maximum absolute atomic E-state index is 11.5. The summed E-state index contributed by atoms with van der Waals surface area (Å²) in [6, 6.07) is 1.85. The maximum atomic E-state index is 11.5. The zero-order chi connectivity index (χ0) is 9.14. The predicted octanol–water partition coefficient (Wildman–Crippen LogP) is 1.85. The van der Waals surface area contributed by atoms with Crippen LogP contribution in [0.3, 0.4) is 0 Å². The van der Waals surface area contributed by atoms with Crippen LogP contribution < -0.4 is 5.32 Å². The maximum Gasteiger partial charge on any atom is 0.180 e. The van der Waals surface area contributed by atoms with Gasteiger partial charge in [-0.15, -0.1) is 11.3 Å². The van der Waals surface area contributed by atoms with Crippen LogP contribution in [-0.2, 0) is 0 Å². The molecule has 0 aliphatic carbocycles. The standard InChI is InChI=1S/C9H13NOS/c1-6-4-8(5-12-6)9(11)7(2)10-3/h4-5,7,10H,1-3H3. The lowest BCUT2D eigenvalue weighted by Gasteiger charge is -2.06. The Kier molecular flexibility index (Phi) is 3.00. The minimum Gasteiger partial charge on any atom is -0.310 e. The molecule has 0 fully saturated rings. The van der Waals surface area contributed by atoms with E-state index in [0.717, 1.165) is 5.56 Å². The van der Waals surface area contributed by atoms with Crippen LogP contribution in [0.4, 0.5) is 0 Å². The molecule has 1 N–H and O–H groups in total. The smallest absolute Gasteiger partial charge is 0.180 e. The van der Waals surface area contributed by atoms with Crippen molar-refractivity contribution in [1.82, 2.24) is 5.32 Å². The van der Waals surface area contributed by atoms with Crippen LogP contribution in [0.1, 0.15) is 22.2 Å². The molecular weight excluding hydrogens is 170 g/mol. The number of Topliss-reactive ketones (excluding diaryl/α,β-unsaturated/α-hetero) is 1. The highest BCUT2D eigenvalue weighted by Gasteiger charge is 2.13. The Morgan fingerprint density at radius 1 is 1.67 bits per heavy atom. The lowest BCUT2D eigenvalue weighted by atomic mass is 10.1. The molecule has 1 rings (SSSR count). The Morgan fingerprint density at radius 2 is 2.33 bits per heavy atom. The van der Waals surface area contributed by atoms with E-state index in [2.05, 4.69) is 5.32 Å². The number of carbonyl (C=O) groups excluding carboxylic acids is 1. The molecule has 0 bridgehead atoms. The average Bonchev–Trinajstić information content (AvgIpc) is 2.49. The van der Waals surface area contributed by atoms with Gasteiger partial charge >= 0.3 is 0 Å². The molecular formula is C9H13NOS. The van der Waals surface area contributed by atoms with Crippen LogP contribution in [0.25, 0.3) is 0 Å². The molecule has 66 valence electrons. The largest absolute Gasteiger partial charge is 0.310 e. The van der Waals surface area contributed by atoms with Gasteiger partial charge < -0.3 is 5.32 Å². The highest BCUT2D eigenvalue weighted by molar-refractivity contribution is 7.10. The van der Waals surface area contributed by atoms with Crippen LogP contribution in [0.5, 0.6) is 0 Å². The fourth-order valence-corrected chi connectivity index (χ4v) is 1.65. The third-order valence-electron chi connectivity index (χ3n) is 1.84. The summed E-state index contributed by atoms with van der Waals surface area (Å²) >= 11 is 1.61. The predicted molar refractivity (Wildman–Crippen MR) is 51.9 cm³/mol. The van der Waals surface area contributed by atoms with Crippen molar-refractivity contribution in [3.63, 3.8) is 0 Å². The third kappa shape index (κ3) is 1.93. The Labute approximate surface area is 76.6 Å². The Bertz CT molecular complexity index is 280. The minimum absolute atomic E-state index is 0.0843. The van der Waals surface area contributed by atoms with Gasteiger partial charge in [-0.1, -0.05) is 0 Å². The zero-order valence-corrected chi connectivity index (χ0v) is 8.37. The molecule has 12 heavy (non-hydrogen) atoms. The molecule has 0 radical (unpaired) electrons. The fraction of sp³-hybridized carbons (Fsp3) is 0.444. The van der Waals surface area contributed by atoms with Gasteiger partial charge in [-0.3, -0.25) is 4.79 Å². The van der Waals surface area contributed by atoms with Gasteiger partial charge in [0.05, 0.1) is 6.04 Å². The van der Waals surface area contributed by atoms with Gasteiger partial charge in [0, 0.05) is 15.8 Å². The summed E-state index contributed by atoms with van der Waals surface area (Å²) in [5.41, 5.74) is 0.819. The quantitative estimate of drug-likeness (QED) is 0.724. The van der Waals surface area contributed by atoms with Gasteiger partial charge in [0.15, 0.2) is 5.78 Å². The minimum atomic E-state index is -0.0843. The molecule has 0 aromatic carbocycles. The average molecular weight is 183 g/mol. The van der Waals surface area contributed by atoms with E-state index >= 15 is 0 Å².